The lowest BCUT2D eigenvalue weighted by Crippen LogP contribution is -2.34. The van der Waals surface area contributed by atoms with E-state index in [1.54, 1.807) is 0 Å². The number of benzene rings is 1. The minimum Gasteiger partial charge on any atom is -0.493 e. The summed E-state index contributed by atoms with van der Waals surface area (Å²) in [5, 5.41) is 2.46. The van der Waals surface area contributed by atoms with Crippen molar-refractivity contribution in [2.45, 2.75) is 25.7 Å². The number of rotatable bonds is 3. The van der Waals surface area contributed by atoms with E-state index in [4.69, 9.17) is 4.74 Å². The first-order valence-electron chi connectivity index (χ1n) is 5.72. The topological polar surface area (TPSA) is 38.3 Å². The summed E-state index contributed by atoms with van der Waals surface area (Å²) in [6.45, 7) is 5.56. The van der Waals surface area contributed by atoms with E-state index < -0.39 is 0 Å². The molecule has 0 aliphatic carbocycles. The zero-order valence-electron chi connectivity index (χ0n) is 10.1. The van der Waals surface area contributed by atoms with E-state index in [1.807, 2.05) is 6.07 Å². The van der Waals surface area contributed by atoms with Crippen LogP contribution in [0.25, 0.3) is 0 Å². The van der Waals surface area contributed by atoms with E-state index in [1.165, 1.54) is 11.1 Å². The van der Waals surface area contributed by atoms with Crippen molar-refractivity contribution in [3.8, 4) is 5.75 Å². The molecule has 1 aliphatic rings. The molecule has 0 atom stereocenters. The molecule has 0 saturated carbocycles. The molecule has 1 aromatic carbocycles. The molecule has 0 bridgehead atoms. The van der Waals surface area contributed by atoms with Crippen LogP contribution in [-0.4, -0.2) is 18.4 Å². The Bertz CT molecular complexity index is 443. The summed E-state index contributed by atoms with van der Waals surface area (Å²) in [6.07, 6.45) is 0.970. The van der Waals surface area contributed by atoms with Gasteiger partial charge in [-0.25, -0.2) is 0 Å². The fourth-order valence-electron chi connectivity index (χ4n) is 2.01. The summed E-state index contributed by atoms with van der Waals surface area (Å²) in [5.41, 5.74) is 2.37. The second-order valence-corrected chi connectivity index (χ2v) is 5.37. The van der Waals surface area contributed by atoms with Crippen molar-refractivity contribution in [3.05, 3.63) is 29.3 Å². The third-order valence-corrected chi connectivity index (χ3v) is 3.31. The van der Waals surface area contributed by atoms with Crippen LogP contribution in [0.1, 0.15) is 25.0 Å². The van der Waals surface area contributed by atoms with Gasteiger partial charge in [0, 0.05) is 18.4 Å². The van der Waals surface area contributed by atoms with Gasteiger partial charge in [-0.3, -0.25) is 4.79 Å². The summed E-state index contributed by atoms with van der Waals surface area (Å²) in [4.78, 5) is 10.8. The van der Waals surface area contributed by atoms with Crippen molar-refractivity contribution in [2.75, 3.05) is 13.2 Å². The van der Waals surface area contributed by atoms with Crippen molar-refractivity contribution in [2.24, 2.45) is 0 Å². The summed E-state index contributed by atoms with van der Waals surface area (Å²) in [7, 11) is 0. The number of hydrogen-bond donors (Lipinski definition) is 2. The smallest absolute Gasteiger partial charge is 0.276 e. The molecular formula is C13H17NO2S. The van der Waals surface area contributed by atoms with E-state index in [0.29, 0.717) is 6.54 Å². The highest BCUT2D eigenvalue weighted by atomic mass is 32.1. The van der Waals surface area contributed by atoms with Crippen LogP contribution in [-0.2, 0) is 11.8 Å². The Morgan fingerprint density at radius 1 is 1.53 bits per heavy atom. The van der Waals surface area contributed by atoms with Crippen LogP contribution in [0.2, 0.25) is 0 Å². The second-order valence-electron chi connectivity index (χ2n) is 4.96. The van der Waals surface area contributed by atoms with Crippen LogP contribution in [0.3, 0.4) is 0 Å². The van der Waals surface area contributed by atoms with Crippen molar-refractivity contribution >= 4 is 17.9 Å². The molecule has 1 amide bonds. The fourth-order valence-corrected chi connectivity index (χ4v) is 2.09. The van der Waals surface area contributed by atoms with Crippen LogP contribution < -0.4 is 10.1 Å². The number of fused-ring (bicyclic) bond motifs is 1. The van der Waals surface area contributed by atoms with E-state index in [2.05, 4.69) is 43.9 Å². The predicted molar refractivity (Wildman–Crippen MR) is 71.1 cm³/mol. The van der Waals surface area contributed by atoms with Gasteiger partial charge in [0.2, 0.25) is 0 Å². The average Bonchev–Trinajstić information content (AvgIpc) is 2.73. The van der Waals surface area contributed by atoms with Gasteiger partial charge < -0.3 is 10.1 Å². The van der Waals surface area contributed by atoms with Gasteiger partial charge >= 0.3 is 0 Å². The number of amides is 1. The lowest BCUT2D eigenvalue weighted by molar-refractivity contribution is 0.259. The number of nitrogens with one attached hydrogen (secondary N) is 1. The number of thiol groups is 1. The normalized spacial score (nSPS) is 14.1. The minimum atomic E-state index is -0.289. The van der Waals surface area contributed by atoms with Crippen molar-refractivity contribution in [1.82, 2.24) is 5.32 Å². The molecule has 4 heteroatoms. The third kappa shape index (κ3) is 2.75. The zero-order chi connectivity index (χ0) is 12.5. The van der Waals surface area contributed by atoms with Crippen LogP contribution >= 0.6 is 12.6 Å². The Balaban J connectivity index is 2.18. The summed E-state index contributed by atoms with van der Waals surface area (Å²) >= 11 is 3.72. The summed E-state index contributed by atoms with van der Waals surface area (Å²) in [5.74, 6) is 0.989. The SMILES string of the molecule is CC(C)(CNC(=O)S)c1ccc2c(c1)CCO2. The maximum absolute atomic E-state index is 10.8. The Kier molecular flexibility index (Phi) is 3.33. The zero-order valence-corrected chi connectivity index (χ0v) is 11.0. The Morgan fingerprint density at radius 3 is 3.00 bits per heavy atom. The lowest BCUT2D eigenvalue weighted by Gasteiger charge is -2.25. The molecule has 0 unspecified atom stereocenters. The summed E-state index contributed by atoms with van der Waals surface area (Å²) in [6, 6.07) is 6.25. The van der Waals surface area contributed by atoms with Crippen molar-refractivity contribution < 1.29 is 9.53 Å². The molecule has 2 rings (SSSR count). The van der Waals surface area contributed by atoms with Crippen molar-refractivity contribution in [1.29, 1.82) is 0 Å². The van der Waals surface area contributed by atoms with Gasteiger partial charge in [0.25, 0.3) is 5.24 Å². The first kappa shape index (κ1) is 12.3. The maximum Gasteiger partial charge on any atom is 0.276 e. The minimum absolute atomic E-state index is 0.101. The van der Waals surface area contributed by atoms with E-state index in [0.717, 1.165) is 18.8 Å². The van der Waals surface area contributed by atoms with Crippen molar-refractivity contribution in [3.63, 3.8) is 0 Å². The highest BCUT2D eigenvalue weighted by Gasteiger charge is 2.23. The highest BCUT2D eigenvalue weighted by molar-refractivity contribution is 7.96. The van der Waals surface area contributed by atoms with Gasteiger partial charge in [0.15, 0.2) is 0 Å². The fraction of sp³-hybridized carbons (Fsp3) is 0.462. The van der Waals surface area contributed by atoms with Crippen LogP contribution in [0.4, 0.5) is 4.79 Å². The van der Waals surface area contributed by atoms with Gasteiger partial charge in [-0.15, -0.1) is 0 Å². The second kappa shape index (κ2) is 4.61. The summed E-state index contributed by atoms with van der Waals surface area (Å²) < 4.78 is 5.48. The van der Waals surface area contributed by atoms with Gasteiger partial charge in [-0.05, 0) is 17.2 Å². The molecule has 92 valence electrons. The van der Waals surface area contributed by atoms with Crippen LogP contribution in [0.5, 0.6) is 5.75 Å². The molecule has 1 aliphatic heterocycles. The first-order valence-corrected chi connectivity index (χ1v) is 6.17. The average molecular weight is 251 g/mol. The molecule has 0 aromatic heterocycles. The maximum atomic E-state index is 10.8. The number of carbonyl (C=O) groups excluding carboxylic acids is 1. The molecule has 0 spiro atoms. The van der Waals surface area contributed by atoms with Gasteiger partial charge in [0.1, 0.15) is 5.75 Å². The van der Waals surface area contributed by atoms with Gasteiger partial charge in [-0.1, -0.05) is 38.6 Å². The Hall–Kier alpha value is -1.16. The molecule has 1 aromatic rings. The molecule has 0 fully saturated rings. The number of hydrogen-bond acceptors (Lipinski definition) is 2. The Labute approximate surface area is 107 Å². The van der Waals surface area contributed by atoms with Gasteiger partial charge in [0.05, 0.1) is 6.61 Å². The molecular weight excluding hydrogens is 234 g/mol. The number of carbonyl (C=O) groups is 1. The molecule has 1 heterocycles. The van der Waals surface area contributed by atoms with E-state index >= 15 is 0 Å². The first-order chi connectivity index (χ1) is 7.99. The third-order valence-electron chi connectivity index (χ3n) is 3.15. The highest BCUT2D eigenvalue weighted by Crippen LogP contribution is 2.31. The lowest BCUT2D eigenvalue weighted by atomic mass is 9.83. The molecule has 0 saturated heterocycles. The van der Waals surface area contributed by atoms with Crippen LogP contribution in [0.15, 0.2) is 18.2 Å². The largest absolute Gasteiger partial charge is 0.493 e. The molecule has 3 nitrogen and oxygen atoms in total. The van der Waals surface area contributed by atoms with Crippen LogP contribution in [0, 0.1) is 0 Å². The monoisotopic (exact) mass is 251 g/mol. The standard InChI is InChI=1S/C13H17NO2S/c1-13(2,8-14-12(15)17)10-3-4-11-9(7-10)5-6-16-11/h3-4,7H,5-6,8H2,1-2H3,(H2,14,15,17). The van der Waals surface area contributed by atoms with E-state index in [9.17, 15) is 4.79 Å². The Morgan fingerprint density at radius 2 is 2.29 bits per heavy atom. The molecule has 0 radical (unpaired) electrons. The van der Waals surface area contributed by atoms with Gasteiger partial charge in [-0.2, -0.15) is 0 Å². The predicted octanol–water partition coefficient (Wildman–Crippen LogP) is 2.54. The molecule has 1 N–H and O–H groups in total. The number of ether oxygens (including phenoxy) is 1. The quantitative estimate of drug-likeness (QED) is 0.810. The molecule has 17 heavy (non-hydrogen) atoms. The van der Waals surface area contributed by atoms with E-state index in [-0.39, 0.29) is 10.7 Å².